The Morgan fingerprint density at radius 2 is 1.96 bits per heavy atom. The van der Waals surface area contributed by atoms with Crippen molar-refractivity contribution in [2.45, 2.75) is 39.7 Å². The molecule has 1 aliphatic rings. The van der Waals surface area contributed by atoms with Crippen LogP contribution in [-0.2, 0) is 16.0 Å². The summed E-state index contributed by atoms with van der Waals surface area (Å²) < 4.78 is 7.65. The summed E-state index contributed by atoms with van der Waals surface area (Å²) in [5.74, 6) is -0.887. The zero-order valence-corrected chi connectivity index (χ0v) is 15.6. The van der Waals surface area contributed by atoms with E-state index in [9.17, 15) is 9.59 Å². The van der Waals surface area contributed by atoms with E-state index in [1.807, 2.05) is 19.1 Å². The second kappa shape index (κ2) is 7.50. The van der Waals surface area contributed by atoms with Gasteiger partial charge in [0.1, 0.15) is 0 Å². The van der Waals surface area contributed by atoms with Crippen LogP contribution in [0, 0.1) is 6.92 Å². The Bertz CT molecular complexity index is 879. The highest BCUT2D eigenvalue weighted by Crippen LogP contribution is 2.30. The van der Waals surface area contributed by atoms with Crippen LogP contribution in [0.1, 0.15) is 37.6 Å². The summed E-state index contributed by atoms with van der Waals surface area (Å²) in [6.07, 6.45) is 0.216. The van der Waals surface area contributed by atoms with Gasteiger partial charge in [0.05, 0.1) is 24.4 Å². The third kappa shape index (κ3) is 3.33. The maximum atomic E-state index is 13.1. The summed E-state index contributed by atoms with van der Waals surface area (Å²) in [6.45, 7) is 9.06. The number of pyridine rings is 1. The Hall–Kier alpha value is -2.34. The third-order valence-electron chi connectivity index (χ3n) is 5.03. The maximum Gasteiger partial charge on any atom is 0.303 e. The zero-order valence-electron chi connectivity index (χ0n) is 15.6. The van der Waals surface area contributed by atoms with Gasteiger partial charge in [-0.25, -0.2) is 0 Å². The standard InChI is InChI=1S/C20H26N2O4/c1-13(2)22-14(3)15(7-8-18(23)24)20(25)16-5-4-6-17(19(16)22)21-9-11-26-12-10-21/h4-6,13H,7-12H2,1-3H3,(H,23,24). The van der Waals surface area contributed by atoms with Gasteiger partial charge in [-0.05, 0) is 39.3 Å². The molecule has 6 nitrogen and oxygen atoms in total. The van der Waals surface area contributed by atoms with Crippen LogP contribution in [-0.4, -0.2) is 41.9 Å². The highest BCUT2D eigenvalue weighted by molar-refractivity contribution is 5.92. The molecule has 1 aromatic heterocycles. The van der Waals surface area contributed by atoms with Gasteiger partial charge in [-0.2, -0.15) is 0 Å². The first-order valence-corrected chi connectivity index (χ1v) is 9.13. The van der Waals surface area contributed by atoms with Crippen molar-refractivity contribution in [2.24, 2.45) is 0 Å². The SMILES string of the molecule is Cc1c(CCC(=O)O)c(=O)c2cccc(N3CCOCC3)c2n1C(C)C. The lowest BCUT2D eigenvalue weighted by molar-refractivity contribution is -0.136. The number of rotatable bonds is 5. The first kappa shape index (κ1) is 18.5. The van der Waals surface area contributed by atoms with Gasteiger partial charge in [0, 0.05) is 42.2 Å². The number of ether oxygens (including phenoxy) is 1. The molecule has 140 valence electrons. The maximum absolute atomic E-state index is 13.1. The average Bonchev–Trinajstić information content (AvgIpc) is 2.61. The van der Waals surface area contributed by atoms with Crippen LogP contribution in [0.25, 0.3) is 10.9 Å². The Balaban J connectivity index is 2.27. The van der Waals surface area contributed by atoms with E-state index >= 15 is 0 Å². The van der Waals surface area contributed by atoms with Crippen molar-refractivity contribution in [1.29, 1.82) is 0 Å². The number of hydrogen-bond acceptors (Lipinski definition) is 4. The fourth-order valence-corrected chi connectivity index (χ4v) is 3.84. The summed E-state index contributed by atoms with van der Waals surface area (Å²) >= 11 is 0. The van der Waals surface area contributed by atoms with Crippen molar-refractivity contribution < 1.29 is 14.6 Å². The number of benzene rings is 1. The minimum absolute atomic E-state index is 0.0389. The smallest absolute Gasteiger partial charge is 0.303 e. The summed E-state index contributed by atoms with van der Waals surface area (Å²) in [6, 6.07) is 5.98. The average molecular weight is 358 g/mol. The van der Waals surface area contributed by atoms with Crippen molar-refractivity contribution in [3.8, 4) is 0 Å². The van der Waals surface area contributed by atoms with E-state index in [0.29, 0.717) is 24.2 Å². The molecule has 26 heavy (non-hydrogen) atoms. The number of para-hydroxylation sites is 1. The fraction of sp³-hybridized carbons (Fsp3) is 0.500. The molecule has 0 spiro atoms. The van der Waals surface area contributed by atoms with Gasteiger partial charge in [0.2, 0.25) is 0 Å². The van der Waals surface area contributed by atoms with Gasteiger partial charge in [-0.3, -0.25) is 9.59 Å². The zero-order chi connectivity index (χ0) is 18.8. The fourth-order valence-electron chi connectivity index (χ4n) is 3.84. The molecule has 6 heteroatoms. The van der Waals surface area contributed by atoms with Crippen LogP contribution in [0.15, 0.2) is 23.0 Å². The molecule has 1 aliphatic heterocycles. The minimum atomic E-state index is -0.887. The summed E-state index contributed by atoms with van der Waals surface area (Å²) in [5, 5.41) is 9.70. The highest BCUT2D eigenvalue weighted by atomic mass is 16.5. The Morgan fingerprint density at radius 3 is 2.58 bits per heavy atom. The molecular formula is C20H26N2O4. The number of carbonyl (C=O) groups is 1. The predicted molar refractivity (Wildman–Crippen MR) is 102 cm³/mol. The second-order valence-corrected chi connectivity index (χ2v) is 7.02. The van der Waals surface area contributed by atoms with Crippen LogP contribution in [0.2, 0.25) is 0 Å². The largest absolute Gasteiger partial charge is 0.481 e. The number of anilines is 1. The van der Waals surface area contributed by atoms with Crippen LogP contribution in [0.3, 0.4) is 0 Å². The predicted octanol–water partition coefficient (Wildman–Crippen LogP) is 2.74. The molecule has 0 saturated carbocycles. The number of carboxylic acid groups (broad SMARTS) is 1. The molecule has 2 heterocycles. The molecule has 0 bridgehead atoms. The van der Waals surface area contributed by atoms with E-state index in [0.717, 1.165) is 30.0 Å². The number of aromatic nitrogens is 1. The first-order chi connectivity index (χ1) is 12.4. The van der Waals surface area contributed by atoms with Crippen molar-refractivity contribution in [1.82, 2.24) is 4.57 Å². The Labute approximate surface area is 153 Å². The van der Waals surface area contributed by atoms with Crippen LogP contribution in [0.4, 0.5) is 5.69 Å². The lowest BCUT2D eigenvalue weighted by atomic mass is 10.0. The molecule has 0 aliphatic carbocycles. The number of carboxylic acids is 1. The van der Waals surface area contributed by atoms with Gasteiger partial charge in [0.15, 0.2) is 5.43 Å². The van der Waals surface area contributed by atoms with Gasteiger partial charge in [-0.1, -0.05) is 6.07 Å². The number of fused-ring (bicyclic) bond motifs is 1. The summed E-state index contributed by atoms with van der Waals surface area (Å²) in [7, 11) is 0. The second-order valence-electron chi connectivity index (χ2n) is 7.02. The lowest BCUT2D eigenvalue weighted by Gasteiger charge is -2.32. The van der Waals surface area contributed by atoms with Gasteiger partial charge in [-0.15, -0.1) is 0 Å². The van der Waals surface area contributed by atoms with Crippen LogP contribution >= 0.6 is 0 Å². The van der Waals surface area contributed by atoms with Gasteiger partial charge in [0.25, 0.3) is 0 Å². The highest BCUT2D eigenvalue weighted by Gasteiger charge is 2.21. The van der Waals surface area contributed by atoms with E-state index in [1.165, 1.54) is 0 Å². The van der Waals surface area contributed by atoms with Crippen molar-refractivity contribution in [2.75, 3.05) is 31.2 Å². The molecule has 1 aromatic carbocycles. The van der Waals surface area contributed by atoms with Crippen LogP contribution < -0.4 is 10.3 Å². The van der Waals surface area contributed by atoms with E-state index in [2.05, 4.69) is 29.4 Å². The molecular weight excluding hydrogens is 332 g/mol. The molecule has 0 unspecified atom stereocenters. The Kier molecular flexibility index (Phi) is 5.32. The molecule has 2 aromatic rings. The van der Waals surface area contributed by atoms with Gasteiger partial charge < -0.3 is 19.3 Å². The monoisotopic (exact) mass is 358 g/mol. The third-order valence-corrected chi connectivity index (χ3v) is 5.03. The number of nitrogens with zero attached hydrogens (tertiary/aromatic N) is 2. The van der Waals surface area contributed by atoms with Crippen molar-refractivity contribution in [3.05, 3.63) is 39.7 Å². The van der Waals surface area contributed by atoms with E-state index in [-0.39, 0.29) is 24.3 Å². The minimum Gasteiger partial charge on any atom is -0.481 e. The number of morpholine rings is 1. The normalized spacial score (nSPS) is 15.0. The summed E-state index contributed by atoms with van der Waals surface area (Å²) in [5.41, 5.74) is 3.40. The Morgan fingerprint density at radius 1 is 1.27 bits per heavy atom. The molecule has 1 N–H and O–H groups in total. The van der Waals surface area contributed by atoms with Gasteiger partial charge >= 0.3 is 5.97 Å². The quantitative estimate of drug-likeness (QED) is 0.890. The number of hydrogen-bond donors (Lipinski definition) is 1. The first-order valence-electron chi connectivity index (χ1n) is 9.13. The number of aliphatic carboxylic acids is 1. The topological polar surface area (TPSA) is 71.8 Å². The molecule has 1 saturated heterocycles. The molecule has 3 rings (SSSR count). The van der Waals surface area contributed by atoms with E-state index < -0.39 is 5.97 Å². The lowest BCUT2D eigenvalue weighted by Crippen LogP contribution is -2.37. The molecule has 1 fully saturated rings. The van der Waals surface area contributed by atoms with E-state index in [4.69, 9.17) is 9.84 Å². The van der Waals surface area contributed by atoms with Crippen molar-refractivity contribution >= 4 is 22.6 Å². The van der Waals surface area contributed by atoms with Crippen molar-refractivity contribution in [3.63, 3.8) is 0 Å². The summed E-state index contributed by atoms with van der Waals surface area (Å²) in [4.78, 5) is 26.4. The van der Waals surface area contributed by atoms with Crippen LogP contribution in [0.5, 0.6) is 0 Å². The molecule has 0 radical (unpaired) electrons. The molecule has 0 amide bonds. The molecule has 0 atom stereocenters. The van der Waals surface area contributed by atoms with E-state index in [1.54, 1.807) is 0 Å².